The Labute approximate surface area is 117 Å². The van der Waals surface area contributed by atoms with E-state index in [1.54, 1.807) is 12.1 Å². The van der Waals surface area contributed by atoms with Crippen LogP contribution in [0.5, 0.6) is 0 Å². The highest BCUT2D eigenvalue weighted by Crippen LogP contribution is 2.28. The topological polar surface area (TPSA) is 17.8 Å². The second kappa shape index (κ2) is 5.49. The quantitative estimate of drug-likeness (QED) is 0.770. The summed E-state index contributed by atoms with van der Waals surface area (Å²) in [6, 6.07) is 4.82. The largest absolute Gasteiger partial charge is 0.328 e. The molecule has 3 rings (SSSR count). The minimum Gasteiger partial charge on any atom is -0.328 e. The van der Waals surface area contributed by atoms with Crippen LogP contribution in [0.15, 0.2) is 18.2 Å². The molecule has 2 nitrogen and oxygen atoms in total. The number of aromatic nitrogens is 2. The minimum atomic E-state index is -0.197. The number of fused-ring (bicyclic) bond motifs is 1. The number of rotatable bonds is 4. The highest BCUT2D eigenvalue weighted by molar-refractivity contribution is 6.17. The van der Waals surface area contributed by atoms with Gasteiger partial charge in [-0.05, 0) is 37.0 Å². The number of nitrogens with zero attached hydrogens (tertiary/aromatic N) is 2. The zero-order valence-corrected chi connectivity index (χ0v) is 11.7. The molecule has 19 heavy (non-hydrogen) atoms. The Hall–Kier alpha value is -1.09. The van der Waals surface area contributed by atoms with Crippen molar-refractivity contribution in [3.05, 3.63) is 29.8 Å². The Morgan fingerprint density at radius 2 is 2.11 bits per heavy atom. The standard InChI is InChI=1S/C15H18ClFN2/c16-8-7-15-18-13-6-5-12(17)9-14(13)19(15)10-11-3-1-2-4-11/h5-6,9,11H,1-4,7-8,10H2. The van der Waals surface area contributed by atoms with Crippen LogP contribution in [-0.4, -0.2) is 15.4 Å². The van der Waals surface area contributed by atoms with Crippen molar-refractivity contribution in [2.75, 3.05) is 5.88 Å². The zero-order valence-electron chi connectivity index (χ0n) is 10.9. The number of benzene rings is 1. The number of halogens is 2. The van der Waals surface area contributed by atoms with E-state index in [1.807, 2.05) is 0 Å². The van der Waals surface area contributed by atoms with E-state index < -0.39 is 0 Å². The number of hydrogen-bond donors (Lipinski definition) is 0. The molecule has 4 heteroatoms. The van der Waals surface area contributed by atoms with Crippen LogP contribution in [0.25, 0.3) is 11.0 Å². The lowest BCUT2D eigenvalue weighted by Crippen LogP contribution is -2.11. The highest BCUT2D eigenvalue weighted by Gasteiger charge is 2.19. The number of imidazole rings is 1. The van der Waals surface area contributed by atoms with Crippen LogP contribution in [0.3, 0.4) is 0 Å². The molecule has 2 aromatic rings. The van der Waals surface area contributed by atoms with Gasteiger partial charge in [0.05, 0.1) is 11.0 Å². The lowest BCUT2D eigenvalue weighted by molar-refractivity contribution is 0.455. The lowest BCUT2D eigenvalue weighted by Gasteiger charge is -2.13. The second-order valence-corrected chi connectivity index (χ2v) is 5.74. The molecule has 1 heterocycles. The number of hydrogen-bond acceptors (Lipinski definition) is 1. The average Bonchev–Trinajstić information content (AvgIpc) is 3.00. The summed E-state index contributed by atoms with van der Waals surface area (Å²) in [4.78, 5) is 4.60. The van der Waals surface area contributed by atoms with Crippen LogP contribution in [0.4, 0.5) is 4.39 Å². The molecule has 1 aliphatic rings. The molecule has 1 fully saturated rings. The van der Waals surface area contributed by atoms with Gasteiger partial charge in [0.25, 0.3) is 0 Å². The van der Waals surface area contributed by atoms with Crippen LogP contribution >= 0.6 is 11.6 Å². The van der Waals surface area contributed by atoms with E-state index in [-0.39, 0.29) is 5.82 Å². The van der Waals surface area contributed by atoms with Gasteiger partial charge in [-0.2, -0.15) is 0 Å². The maximum Gasteiger partial charge on any atom is 0.125 e. The summed E-state index contributed by atoms with van der Waals surface area (Å²) in [5.74, 6) is 2.05. The third-order valence-corrected chi connectivity index (χ3v) is 4.21. The van der Waals surface area contributed by atoms with Crippen LogP contribution in [0.1, 0.15) is 31.5 Å². The first-order chi connectivity index (χ1) is 9.28. The summed E-state index contributed by atoms with van der Waals surface area (Å²) in [6.45, 7) is 0.951. The molecule has 0 spiro atoms. The van der Waals surface area contributed by atoms with Gasteiger partial charge in [0.15, 0.2) is 0 Å². The van der Waals surface area contributed by atoms with Gasteiger partial charge in [0, 0.05) is 18.8 Å². The summed E-state index contributed by atoms with van der Waals surface area (Å²) in [7, 11) is 0. The monoisotopic (exact) mass is 280 g/mol. The van der Waals surface area contributed by atoms with Gasteiger partial charge in [-0.15, -0.1) is 11.6 Å². The number of aryl methyl sites for hydroxylation is 1. The fourth-order valence-corrected chi connectivity index (χ4v) is 3.25. The Morgan fingerprint density at radius 1 is 1.32 bits per heavy atom. The Morgan fingerprint density at radius 3 is 2.84 bits per heavy atom. The maximum atomic E-state index is 13.5. The van der Waals surface area contributed by atoms with Crippen molar-refractivity contribution >= 4 is 22.6 Å². The van der Waals surface area contributed by atoms with Gasteiger partial charge in [0.1, 0.15) is 11.6 Å². The van der Waals surface area contributed by atoms with E-state index in [4.69, 9.17) is 11.6 Å². The molecule has 0 amide bonds. The van der Waals surface area contributed by atoms with Gasteiger partial charge < -0.3 is 4.57 Å². The third-order valence-electron chi connectivity index (χ3n) is 4.02. The van der Waals surface area contributed by atoms with E-state index in [0.717, 1.165) is 29.8 Å². The summed E-state index contributed by atoms with van der Waals surface area (Å²) < 4.78 is 15.6. The molecule has 1 aromatic carbocycles. The van der Waals surface area contributed by atoms with E-state index in [2.05, 4.69) is 9.55 Å². The van der Waals surface area contributed by atoms with Gasteiger partial charge in [-0.1, -0.05) is 12.8 Å². The first-order valence-corrected chi connectivity index (χ1v) is 7.52. The molecule has 102 valence electrons. The van der Waals surface area contributed by atoms with Gasteiger partial charge in [-0.25, -0.2) is 9.37 Å². The SMILES string of the molecule is Fc1ccc2nc(CCCl)n(CC3CCCC3)c2c1. The molecule has 0 N–H and O–H groups in total. The first-order valence-electron chi connectivity index (χ1n) is 6.98. The van der Waals surface area contributed by atoms with E-state index in [9.17, 15) is 4.39 Å². The lowest BCUT2D eigenvalue weighted by atomic mass is 10.1. The van der Waals surface area contributed by atoms with E-state index in [1.165, 1.54) is 31.7 Å². The van der Waals surface area contributed by atoms with Crippen molar-refractivity contribution in [3.63, 3.8) is 0 Å². The smallest absolute Gasteiger partial charge is 0.125 e. The minimum absolute atomic E-state index is 0.197. The van der Waals surface area contributed by atoms with Crippen molar-refractivity contribution in [1.29, 1.82) is 0 Å². The van der Waals surface area contributed by atoms with Crippen LogP contribution < -0.4 is 0 Å². The van der Waals surface area contributed by atoms with E-state index >= 15 is 0 Å². The molecule has 0 saturated heterocycles. The predicted molar refractivity (Wildman–Crippen MR) is 76.1 cm³/mol. The summed E-state index contributed by atoms with van der Waals surface area (Å²) in [5, 5.41) is 0. The van der Waals surface area contributed by atoms with Crippen molar-refractivity contribution in [1.82, 2.24) is 9.55 Å². The van der Waals surface area contributed by atoms with Crippen molar-refractivity contribution in [2.45, 2.75) is 38.6 Å². The molecule has 0 unspecified atom stereocenters. The molecule has 0 bridgehead atoms. The molecule has 0 aliphatic heterocycles. The molecule has 1 saturated carbocycles. The van der Waals surface area contributed by atoms with Crippen LogP contribution in [-0.2, 0) is 13.0 Å². The molecule has 0 radical (unpaired) electrons. The zero-order chi connectivity index (χ0) is 13.2. The Bertz CT molecular complexity index is 573. The van der Waals surface area contributed by atoms with Gasteiger partial charge >= 0.3 is 0 Å². The maximum absolute atomic E-state index is 13.5. The fraction of sp³-hybridized carbons (Fsp3) is 0.533. The molecular weight excluding hydrogens is 263 g/mol. The van der Waals surface area contributed by atoms with Crippen molar-refractivity contribution in [3.8, 4) is 0 Å². The first kappa shape index (κ1) is 12.9. The summed E-state index contributed by atoms with van der Waals surface area (Å²) >= 11 is 5.86. The Kier molecular flexibility index (Phi) is 3.74. The van der Waals surface area contributed by atoms with E-state index in [0.29, 0.717) is 11.8 Å². The highest BCUT2D eigenvalue weighted by atomic mass is 35.5. The van der Waals surface area contributed by atoms with Gasteiger partial charge in [-0.3, -0.25) is 0 Å². The normalized spacial score (nSPS) is 16.5. The number of alkyl halides is 1. The molecule has 1 aliphatic carbocycles. The second-order valence-electron chi connectivity index (χ2n) is 5.36. The Balaban J connectivity index is 2.01. The van der Waals surface area contributed by atoms with Crippen molar-refractivity contribution in [2.24, 2.45) is 5.92 Å². The molecule has 0 atom stereocenters. The average molecular weight is 281 g/mol. The van der Waals surface area contributed by atoms with Crippen molar-refractivity contribution < 1.29 is 4.39 Å². The third kappa shape index (κ3) is 2.62. The predicted octanol–water partition coefficient (Wildman–Crippen LogP) is 4.15. The molecule has 1 aromatic heterocycles. The van der Waals surface area contributed by atoms with Gasteiger partial charge in [0.2, 0.25) is 0 Å². The van der Waals surface area contributed by atoms with Crippen LogP contribution in [0.2, 0.25) is 0 Å². The molecular formula is C15H18ClFN2. The fourth-order valence-electron chi connectivity index (χ4n) is 3.08. The summed E-state index contributed by atoms with van der Waals surface area (Å²) in [6.07, 6.45) is 5.92. The van der Waals surface area contributed by atoms with Crippen LogP contribution in [0, 0.1) is 11.7 Å². The summed E-state index contributed by atoms with van der Waals surface area (Å²) in [5.41, 5.74) is 1.78.